The first-order chi connectivity index (χ1) is 10.1. The average Bonchev–Trinajstić information content (AvgIpc) is 2.71. The third kappa shape index (κ3) is 1.60. The lowest BCUT2D eigenvalue weighted by Gasteiger charge is -2.10. The minimum Gasteiger partial charge on any atom is -0.289 e. The number of allylic oxidation sites excluding steroid dienone is 2. The van der Waals surface area contributed by atoms with Gasteiger partial charge in [-0.2, -0.15) is 0 Å². The van der Waals surface area contributed by atoms with Crippen LogP contribution in [0.15, 0.2) is 36.4 Å². The van der Waals surface area contributed by atoms with E-state index in [1.54, 1.807) is 11.8 Å². The molecule has 0 N–H and O–H groups in total. The Balaban J connectivity index is 2.24. The fourth-order valence-corrected chi connectivity index (χ4v) is 4.76. The van der Waals surface area contributed by atoms with E-state index in [9.17, 15) is 9.59 Å². The van der Waals surface area contributed by atoms with Crippen molar-refractivity contribution in [2.24, 2.45) is 0 Å². The smallest absolute Gasteiger partial charge is 0.186 e. The third-order valence-electron chi connectivity index (χ3n) is 3.96. The van der Waals surface area contributed by atoms with E-state index >= 15 is 0 Å². The molecule has 2 aliphatic rings. The van der Waals surface area contributed by atoms with Crippen molar-refractivity contribution in [3.63, 3.8) is 0 Å². The Hall–Kier alpha value is -1.65. The highest BCUT2D eigenvalue weighted by Crippen LogP contribution is 2.50. The maximum absolute atomic E-state index is 12.2. The highest BCUT2D eigenvalue weighted by molar-refractivity contribution is 9.15. The molecule has 0 atom stereocenters. The van der Waals surface area contributed by atoms with Crippen LogP contribution in [0, 0.1) is 0 Å². The van der Waals surface area contributed by atoms with Gasteiger partial charge in [-0.15, -0.1) is 11.8 Å². The van der Waals surface area contributed by atoms with Crippen LogP contribution in [0.2, 0.25) is 0 Å². The Kier molecular flexibility index (Phi) is 2.75. The summed E-state index contributed by atoms with van der Waals surface area (Å²) >= 11 is 5.31. The second-order valence-corrected chi connectivity index (χ2v) is 6.59. The molecular weight excluding hydrogens is 348 g/mol. The summed E-state index contributed by atoms with van der Waals surface area (Å²) in [6.07, 6.45) is 4.76. The van der Waals surface area contributed by atoms with Crippen LogP contribution in [0.1, 0.15) is 31.8 Å². The quantitative estimate of drug-likeness (QED) is 0.744. The molecule has 0 bridgehead atoms. The Morgan fingerprint density at radius 1 is 0.810 bits per heavy atom. The molecule has 0 heterocycles. The highest BCUT2D eigenvalue weighted by atomic mass is 79.9. The summed E-state index contributed by atoms with van der Waals surface area (Å²) < 4.78 is 1.03. The number of hydrogen-bond donors (Lipinski definition) is 0. The van der Waals surface area contributed by atoms with E-state index in [-0.39, 0.29) is 11.6 Å². The van der Waals surface area contributed by atoms with Crippen molar-refractivity contribution in [3.05, 3.63) is 58.7 Å². The molecule has 0 fully saturated rings. The molecule has 0 saturated carbocycles. The van der Waals surface area contributed by atoms with Gasteiger partial charge in [-0.3, -0.25) is 9.59 Å². The Morgan fingerprint density at radius 2 is 1.29 bits per heavy atom. The minimum atomic E-state index is -0.112. The summed E-state index contributed by atoms with van der Waals surface area (Å²) in [5.74, 6) is -0.223. The van der Waals surface area contributed by atoms with Crippen LogP contribution in [0.3, 0.4) is 0 Å². The van der Waals surface area contributed by atoms with Gasteiger partial charge in [0.1, 0.15) is 0 Å². The van der Waals surface area contributed by atoms with E-state index in [0.717, 1.165) is 31.3 Å². The van der Waals surface area contributed by atoms with Crippen LogP contribution < -0.4 is 0 Å². The van der Waals surface area contributed by atoms with Crippen LogP contribution in [-0.2, 0) is 0 Å². The lowest BCUT2D eigenvalue weighted by molar-refractivity contribution is 0.102. The zero-order valence-electron chi connectivity index (χ0n) is 11.1. The number of thioether (sulfide) groups is 1. The van der Waals surface area contributed by atoms with E-state index in [0.29, 0.717) is 11.1 Å². The fourth-order valence-electron chi connectivity index (χ4n) is 3.05. The Bertz CT molecular complexity index is 898. The van der Waals surface area contributed by atoms with Gasteiger partial charge in [-0.1, -0.05) is 12.1 Å². The molecule has 21 heavy (non-hydrogen) atoms. The fraction of sp³-hybridized carbons (Fsp3) is 0.0588. The highest BCUT2D eigenvalue weighted by Gasteiger charge is 2.28. The molecule has 2 aromatic rings. The largest absolute Gasteiger partial charge is 0.289 e. The van der Waals surface area contributed by atoms with E-state index in [1.165, 1.54) is 12.2 Å². The lowest BCUT2D eigenvalue weighted by atomic mass is 9.93. The molecule has 0 spiro atoms. The van der Waals surface area contributed by atoms with Crippen LogP contribution in [0.5, 0.6) is 0 Å². The molecular formula is C17H9BrO2S. The molecule has 0 aromatic heterocycles. The summed E-state index contributed by atoms with van der Waals surface area (Å²) in [5, 5.41) is 1.79. The van der Waals surface area contributed by atoms with Gasteiger partial charge in [-0.25, -0.2) is 0 Å². The van der Waals surface area contributed by atoms with Crippen LogP contribution in [0.25, 0.3) is 20.2 Å². The average molecular weight is 357 g/mol. The van der Waals surface area contributed by atoms with E-state index in [2.05, 4.69) is 15.9 Å². The molecule has 4 heteroatoms. The van der Waals surface area contributed by atoms with E-state index in [1.807, 2.05) is 30.5 Å². The predicted octanol–water partition coefficient (Wildman–Crippen LogP) is 4.67. The number of rotatable bonds is 1. The van der Waals surface area contributed by atoms with Crippen molar-refractivity contribution in [1.82, 2.24) is 0 Å². The normalized spacial score (nSPS) is 16.1. The molecule has 4 rings (SSSR count). The van der Waals surface area contributed by atoms with E-state index in [4.69, 9.17) is 0 Å². The SMILES string of the molecule is CSC1=C(Br)c2ccc3c4c(ccc1c24)C(=O)C=CC3=O. The molecule has 0 amide bonds. The second-order valence-electron chi connectivity index (χ2n) is 4.98. The molecule has 2 aliphatic carbocycles. The first-order valence-electron chi connectivity index (χ1n) is 6.44. The first kappa shape index (κ1) is 13.0. The number of hydrogen-bond acceptors (Lipinski definition) is 3. The van der Waals surface area contributed by atoms with Gasteiger partial charge in [0, 0.05) is 25.9 Å². The number of ketones is 2. The first-order valence-corrected chi connectivity index (χ1v) is 8.46. The molecule has 0 unspecified atom stereocenters. The number of carbonyl (C=O) groups excluding carboxylic acids is 2. The van der Waals surface area contributed by atoms with Gasteiger partial charge in [0.15, 0.2) is 11.6 Å². The zero-order valence-corrected chi connectivity index (χ0v) is 13.5. The Morgan fingerprint density at radius 3 is 1.86 bits per heavy atom. The van der Waals surface area contributed by atoms with Crippen LogP contribution in [0.4, 0.5) is 0 Å². The zero-order chi connectivity index (χ0) is 14.7. The van der Waals surface area contributed by atoms with Crippen molar-refractivity contribution in [2.45, 2.75) is 0 Å². The van der Waals surface area contributed by atoms with Gasteiger partial charge >= 0.3 is 0 Å². The summed E-state index contributed by atoms with van der Waals surface area (Å²) in [4.78, 5) is 25.6. The third-order valence-corrected chi connectivity index (χ3v) is 5.88. The van der Waals surface area contributed by atoms with Gasteiger partial charge in [0.25, 0.3) is 0 Å². The molecule has 0 radical (unpaired) electrons. The summed E-state index contributed by atoms with van der Waals surface area (Å²) in [7, 11) is 0. The van der Waals surface area contributed by atoms with Gasteiger partial charge in [0.2, 0.25) is 0 Å². The second kappa shape index (κ2) is 4.42. The molecule has 0 saturated heterocycles. The van der Waals surface area contributed by atoms with Gasteiger partial charge < -0.3 is 0 Å². The number of benzene rings is 2. The van der Waals surface area contributed by atoms with Gasteiger partial charge in [0.05, 0.1) is 0 Å². The summed E-state index contributed by atoms with van der Waals surface area (Å²) in [6.45, 7) is 0. The molecule has 102 valence electrons. The van der Waals surface area contributed by atoms with Crippen molar-refractivity contribution in [2.75, 3.05) is 6.26 Å². The lowest BCUT2D eigenvalue weighted by Crippen LogP contribution is -1.99. The minimum absolute atomic E-state index is 0.112. The predicted molar refractivity (Wildman–Crippen MR) is 91.0 cm³/mol. The van der Waals surface area contributed by atoms with Crippen LogP contribution >= 0.6 is 27.7 Å². The topological polar surface area (TPSA) is 34.1 Å². The molecule has 2 nitrogen and oxygen atoms in total. The maximum Gasteiger partial charge on any atom is 0.186 e. The summed E-state index contributed by atoms with van der Waals surface area (Å²) in [6, 6.07) is 7.59. The van der Waals surface area contributed by atoms with Crippen molar-refractivity contribution in [1.29, 1.82) is 0 Å². The van der Waals surface area contributed by atoms with Crippen molar-refractivity contribution >= 4 is 59.4 Å². The molecule has 2 aromatic carbocycles. The van der Waals surface area contributed by atoms with Crippen molar-refractivity contribution < 1.29 is 9.59 Å². The maximum atomic E-state index is 12.2. The monoisotopic (exact) mass is 356 g/mol. The summed E-state index contributed by atoms with van der Waals surface area (Å²) in [5.41, 5.74) is 3.36. The Labute approximate surface area is 134 Å². The number of halogens is 1. The number of carbonyl (C=O) groups is 2. The molecule has 0 aliphatic heterocycles. The van der Waals surface area contributed by atoms with Gasteiger partial charge in [-0.05, 0) is 63.0 Å². The van der Waals surface area contributed by atoms with Crippen molar-refractivity contribution in [3.8, 4) is 0 Å². The standard InChI is InChI=1S/C17H9BrO2S/c1-21-17-11-5-3-9-13(20)7-6-12(19)8-2-4-10(16(17)18)15(11)14(8)9/h2-7H,1H3. The van der Waals surface area contributed by atoms with Crippen LogP contribution in [-0.4, -0.2) is 17.8 Å². The van der Waals surface area contributed by atoms with E-state index < -0.39 is 0 Å².